The molecule has 2 amide bonds. The van der Waals surface area contributed by atoms with Crippen molar-refractivity contribution in [3.8, 4) is 0 Å². The lowest BCUT2D eigenvalue weighted by atomic mass is 10.3. The lowest BCUT2D eigenvalue weighted by Crippen LogP contribution is -2.48. The molecule has 16 heavy (non-hydrogen) atoms. The van der Waals surface area contributed by atoms with E-state index in [9.17, 15) is 4.79 Å². The van der Waals surface area contributed by atoms with Gasteiger partial charge < -0.3 is 5.32 Å². The Morgan fingerprint density at radius 2 is 1.75 bits per heavy atom. The van der Waals surface area contributed by atoms with Gasteiger partial charge in [0.05, 0.1) is 0 Å². The number of para-hydroxylation sites is 1. The highest BCUT2D eigenvalue weighted by atomic mass is 16.2. The summed E-state index contributed by atoms with van der Waals surface area (Å²) in [6.07, 6.45) is 0. The van der Waals surface area contributed by atoms with E-state index in [1.807, 2.05) is 58.3 Å². The fourth-order valence-electron chi connectivity index (χ4n) is 1.58. The monoisotopic (exact) mass is 221 g/mol. The summed E-state index contributed by atoms with van der Waals surface area (Å²) in [6.45, 7) is 3.95. The number of nitrogens with one attached hydrogen (secondary N) is 1. The van der Waals surface area contributed by atoms with Crippen molar-refractivity contribution in [1.82, 2.24) is 10.0 Å². The van der Waals surface area contributed by atoms with Crippen LogP contribution in [0.4, 0.5) is 10.5 Å². The second-order valence-corrected chi connectivity index (χ2v) is 4.08. The SMILES string of the molecule is CC(C)N(C(=O)Nc1ccccc1)N(C)C. The number of hydrazine groups is 1. The van der Waals surface area contributed by atoms with Gasteiger partial charge in [-0.1, -0.05) is 18.2 Å². The highest BCUT2D eigenvalue weighted by molar-refractivity contribution is 5.89. The maximum atomic E-state index is 12.0. The molecule has 1 N–H and O–H groups in total. The summed E-state index contributed by atoms with van der Waals surface area (Å²) in [6, 6.07) is 9.44. The zero-order chi connectivity index (χ0) is 12.1. The van der Waals surface area contributed by atoms with Crippen molar-refractivity contribution in [2.45, 2.75) is 19.9 Å². The summed E-state index contributed by atoms with van der Waals surface area (Å²) in [5, 5.41) is 6.29. The quantitative estimate of drug-likeness (QED) is 0.795. The summed E-state index contributed by atoms with van der Waals surface area (Å²) in [5.74, 6) is 0. The summed E-state index contributed by atoms with van der Waals surface area (Å²) < 4.78 is 0. The van der Waals surface area contributed by atoms with Gasteiger partial charge >= 0.3 is 6.03 Å². The van der Waals surface area contributed by atoms with Crippen molar-refractivity contribution in [1.29, 1.82) is 0 Å². The molecule has 0 fully saturated rings. The first-order valence-corrected chi connectivity index (χ1v) is 5.35. The van der Waals surface area contributed by atoms with Crippen molar-refractivity contribution in [2.24, 2.45) is 0 Å². The third-order valence-electron chi connectivity index (χ3n) is 2.15. The van der Waals surface area contributed by atoms with Gasteiger partial charge in [-0.15, -0.1) is 0 Å². The molecule has 1 rings (SSSR count). The molecule has 1 aromatic rings. The van der Waals surface area contributed by atoms with E-state index >= 15 is 0 Å². The molecular formula is C12H19N3O. The minimum atomic E-state index is -0.119. The van der Waals surface area contributed by atoms with E-state index in [0.717, 1.165) is 5.69 Å². The van der Waals surface area contributed by atoms with Gasteiger partial charge in [0, 0.05) is 25.8 Å². The summed E-state index contributed by atoms with van der Waals surface area (Å²) >= 11 is 0. The van der Waals surface area contributed by atoms with Gasteiger partial charge in [-0.05, 0) is 26.0 Å². The zero-order valence-corrected chi connectivity index (χ0v) is 10.3. The van der Waals surface area contributed by atoms with Crippen LogP contribution in [0.3, 0.4) is 0 Å². The van der Waals surface area contributed by atoms with E-state index in [2.05, 4.69) is 5.32 Å². The normalized spacial score (nSPS) is 10.6. The minimum Gasteiger partial charge on any atom is -0.307 e. The van der Waals surface area contributed by atoms with E-state index in [1.54, 1.807) is 10.0 Å². The molecule has 0 atom stereocenters. The van der Waals surface area contributed by atoms with Crippen LogP contribution < -0.4 is 5.32 Å². The van der Waals surface area contributed by atoms with Crippen molar-refractivity contribution in [3.05, 3.63) is 30.3 Å². The molecule has 1 aromatic carbocycles. The molecule has 0 aliphatic heterocycles. The molecule has 0 aliphatic carbocycles. The molecule has 0 radical (unpaired) electrons. The fourth-order valence-corrected chi connectivity index (χ4v) is 1.58. The van der Waals surface area contributed by atoms with Crippen LogP contribution in [-0.2, 0) is 0 Å². The average molecular weight is 221 g/mol. The van der Waals surface area contributed by atoms with Gasteiger partial charge in [0.1, 0.15) is 0 Å². The molecule has 0 unspecified atom stereocenters. The third-order valence-corrected chi connectivity index (χ3v) is 2.15. The maximum absolute atomic E-state index is 12.0. The molecular weight excluding hydrogens is 202 g/mol. The van der Waals surface area contributed by atoms with Crippen LogP contribution in [0.2, 0.25) is 0 Å². The Hall–Kier alpha value is -1.55. The van der Waals surface area contributed by atoms with Gasteiger partial charge in [0.25, 0.3) is 0 Å². The summed E-state index contributed by atoms with van der Waals surface area (Å²) in [5.41, 5.74) is 0.806. The van der Waals surface area contributed by atoms with E-state index in [1.165, 1.54) is 0 Å². The van der Waals surface area contributed by atoms with Crippen LogP contribution in [0.1, 0.15) is 13.8 Å². The molecule has 0 spiro atoms. The molecule has 0 saturated heterocycles. The summed E-state index contributed by atoms with van der Waals surface area (Å²) in [7, 11) is 3.70. The minimum absolute atomic E-state index is 0.119. The number of amides is 2. The standard InChI is InChI=1S/C12H19N3O/c1-10(2)15(14(3)4)12(16)13-11-8-6-5-7-9-11/h5-10H,1-4H3,(H,13,16). The van der Waals surface area contributed by atoms with Crippen LogP contribution in [0.5, 0.6) is 0 Å². The lowest BCUT2D eigenvalue weighted by Gasteiger charge is -2.32. The Morgan fingerprint density at radius 3 is 2.19 bits per heavy atom. The Labute approximate surface area is 96.8 Å². The topological polar surface area (TPSA) is 35.6 Å². The Kier molecular flexibility index (Phi) is 4.31. The van der Waals surface area contributed by atoms with Crippen molar-refractivity contribution in [3.63, 3.8) is 0 Å². The highest BCUT2D eigenvalue weighted by Gasteiger charge is 2.18. The molecule has 4 nitrogen and oxygen atoms in total. The second kappa shape index (κ2) is 5.51. The first kappa shape index (κ1) is 12.5. The predicted molar refractivity (Wildman–Crippen MR) is 66.1 cm³/mol. The van der Waals surface area contributed by atoms with Gasteiger partial charge in [-0.3, -0.25) is 5.01 Å². The van der Waals surface area contributed by atoms with Crippen molar-refractivity contribution >= 4 is 11.7 Å². The number of hydrogen-bond acceptors (Lipinski definition) is 2. The number of urea groups is 1. The molecule has 4 heteroatoms. The first-order valence-electron chi connectivity index (χ1n) is 5.35. The van der Waals surface area contributed by atoms with Gasteiger partial charge in [-0.25, -0.2) is 9.80 Å². The van der Waals surface area contributed by atoms with Crippen LogP contribution in [0.25, 0.3) is 0 Å². The molecule has 0 saturated carbocycles. The first-order chi connectivity index (χ1) is 7.52. The third kappa shape index (κ3) is 3.24. The average Bonchev–Trinajstić information content (AvgIpc) is 2.17. The van der Waals surface area contributed by atoms with E-state index in [4.69, 9.17) is 0 Å². The maximum Gasteiger partial charge on any atom is 0.336 e. The van der Waals surface area contributed by atoms with Crippen molar-refractivity contribution in [2.75, 3.05) is 19.4 Å². The zero-order valence-electron chi connectivity index (χ0n) is 10.3. The lowest BCUT2D eigenvalue weighted by molar-refractivity contribution is 0.0442. The number of carbonyl (C=O) groups excluding carboxylic acids is 1. The van der Waals surface area contributed by atoms with Crippen LogP contribution in [0, 0.1) is 0 Å². The smallest absolute Gasteiger partial charge is 0.307 e. The van der Waals surface area contributed by atoms with E-state index < -0.39 is 0 Å². The van der Waals surface area contributed by atoms with Gasteiger partial charge in [-0.2, -0.15) is 0 Å². The highest BCUT2D eigenvalue weighted by Crippen LogP contribution is 2.09. The predicted octanol–water partition coefficient (Wildman–Crippen LogP) is 2.41. The Bertz CT molecular complexity index is 327. The summed E-state index contributed by atoms with van der Waals surface area (Å²) in [4.78, 5) is 12.0. The Balaban J connectivity index is 2.70. The van der Waals surface area contributed by atoms with Crippen molar-refractivity contribution < 1.29 is 4.79 Å². The van der Waals surface area contributed by atoms with E-state index in [0.29, 0.717) is 0 Å². The fraction of sp³-hybridized carbons (Fsp3) is 0.417. The second-order valence-electron chi connectivity index (χ2n) is 4.08. The number of hydrogen-bond donors (Lipinski definition) is 1. The van der Waals surface area contributed by atoms with Crippen LogP contribution in [0.15, 0.2) is 30.3 Å². The number of nitrogens with zero attached hydrogens (tertiary/aromatic N) is 2. The van der Waals surface area contributed by atoms with Crippen LogP contribution in [-0.4, -0.2) is 36.2 Å². The largest absolute Gasteiger partial charge is 0.336 e. The molecule has 0 aromatic heterocycles. The number of anilines is 1. The van der Waals surface area contributed by atoms with Gasteiger partial charge in [0.2, 0.25) is 0 Å². The van der Waals surface area contributed by atoms with Gasteiger partial charge in [0.15, 0.2) is 0 Å². The molecule has 0 bridgehead atoms. The number of benzene rings is 1. The molecule has 88 valence electrons. The number of rotatable bonds is 3. The Morgan fingerprint density at radius 1 is 1.19 bits per heavy atom. The van der Waals surface area contributed by atoms with Crippen LogP contribution >= 0.6 is 0 Å². The molecule has 0 aliphatic rings. The van der Waals surface area contributed by atoms with E-state index in [-0.39, 0.29) is 12.1 Å². The molecule has 0 heterocycles. The number of carbonyl (C=O) groups is 1.